The minimum atomic E-state index is -0.743. The monoisotopic (exact) mass is 268 g/mol. The molecule has 110 valence electrons. The summed E-state index contributed by atoms with van der Waals surface area (Å²) in [6.45, 7) is 12.4. The van der Waals surface area contributed by atoms with Crippen LogP contribution in [0.1, 0.15) is 60.8 Å². The SMILES string of the molecule is CCCCCN1C(=O)C(C(C)(C)C)NC(=O)C1(C)C. The highest BCUT2D eigenvalue weighted by Gasteiger charge is 2.49. The molecule has 1 atom stereocenters. The fourth-order valence-corrected chi connectivity index (χ4v) is 2.42. The van der Waals surface area contributed by atoms with E-state index in [1.54, 1.807) is 4.90 Å². The molecule has 1 fully saturated rings. The van der Waals surface area contributed by atoms with Crippen molar-refractivity contribution in [2.75, 3.05) is 6.54 Å². The lowest BCUT2D eigenvalue weighted by atomic mass is 9.82. The molecule has 0 aromatic rings. The number of nitrogens with one attached hydrogen (secondary N) is 1. The summed E-state index contributed by atoms with van der Waals surface area (Å²) in [7, 11) is 0. The van der Waals surface area contributed by atoms with E-state index in [4.69, 9.17) is 0 Å². The third-order valence-electron chi connectivity index (χ3n) is 3.87. The second-order valence-electron chi connectivity index (χ2n) is 7.03. The molecule has 4 nitrogen and oxygen atoms in total. The van der Waals surface area contributed by atoms with Crippen LogP contribution in [0.4, 0.5) is 0 Å². The van der Waals surface area contributed by atoms with E-state index < -0.39 is 11.6 Å². The zero-order valence-corrected chi connectivity index (χ0v) is 13.2. The summed E-state index contributed by atoms with van der Waals surface area (Å²) in [5.41, 5.74) is -1.00. The van der Waals surface area contributed by atoms with E-state index in [1.807, 2.05) is 34.6 Å². The maximum atomic E-state index is 12.6. The molecule has 1 saturated heterocycles. The molecule has 1 aliphatic heterocycles. The number of hydrogen-bond acceptors (Lipinski definition) is 2. The summed E-state index contributed by atoms with van der Waals surface area (Å²) in [5, 5.41) is 2.89. The fraction of sp³-hybridized carbons (Fsp3) is 0.867. The van der Waals surface area contributed by atoms with Gasteiger partial charge in [0.25, 0.3) is 0 Å². The Morgan fingerprint density at radius 3 is 2.26 bits per heavy atom. The first-order valence-electron chi connectivity index (χ1n) is 7.24. The standard InChI is InChI=1S/C15H28N2O2/c1-7-8-9-10-17-12(18)11(14(2,3)4)16-13(19)15(17,5)6/h11H,7-10H2,1-6H3,(H,16,19). The molecule has 0 aliphatic carbocycles. The molecule has 1 aliphatic rings. The van der Waals surface area contributed by atoms with Crippen LogP contribution in [0, 0.1) is 5.41 Å². The highest BCUT2D eigenvalue weighted by molar-refractivity contribution is 5.99. The number of carbonyl (C=O) groups is 2. The summed E-state index contributed by atoms with van der Waals surface area (Å²) >= 11 is 0. The molecule has 0 aromatic heterocycles. The van der Waals surface area contributed by atoms with Gasteiger partial charge in [-0.3, -0.25) is 9.59 Å². The molecule has 2 amide bonds. The summed E-state index contributed by atoms with van der Waals surface area (Å²) in [5.74, 6) is -0.00303. The van der Waals surface area contributed by atoms with Gasteiger partial charge in [0.2, 0.25) is 11.8 Å². The Balaban J connectivity index is 2.94. The molecule has 4 heteroatoms. The van der Waals surface area contributed by atoms with Gasteiger partial charge in [-0.25, -0.2) is 0 Å². The van der Waals surface area contributed by atoms with Crippen LogP contribution in [-0.2, 0) is 9.59 Å². The average molecular weight is 268 g/mol. The number of nitrogens with zero attached hydrogens (tertiary/aromatic N) is 1. The number of unbranched alkanes of at least 4 members (excludes halogenated alkanes) is 2. The van der Waals surface area contributed by atoms with Crippen LogP contribution in [0.3, 0.4) is 0 Å². The van der Waals surface area contributed by atoms with Crippen molar-refractivity contribution in [3.8, 4) is 0 Å². The van der Waals surface area contributed by atoms with E-state index in [9.17, 15) is 9.59 Å². The number of rotatable bonds is 4. The summed E-state index contributed by atoms with van der Waals surface area (Å²) in [4.78, 5) is 26.7. The predicted molar refractivity (Wildman–Crippen MR) is 76.7 cm³/mol. The van der Waals surface area contributed by atoms with Crippen LogP contribution in [0.5, 0.6) is 0 Å². The van der Waals surface area contributed by atoms with Crippen molar-refractivity contribution in [3.05, 3.63) is 0 Å². The Hall–Kier alpha value is -1.06. The maximum Gasteiger partial charge on any atom is 0.246 e. The van der Waals surface area contributed by atoms with Crippen LogP contribution in [0.25, 0.3) is 0 Å². The Labute approximate surface area is 116 Å². The normalized spacial score (nSPS) is 23.5. The second-order valence-corrected chi connectivity index (χ2v) is 7.03. The first kappa shape index (κ1) is 16.0. The Morgan fingerprint density at radius 1 is 1.21 bits per heavy atom. The third kappa shape index (κ3) is 3.28. The Kier molecular flexibility index (Phi) is 4.64. The second kappa shape index (κ2) is 5.51. The topological polar surface area (TPSA) is 49.4 Å². The van der Waals surface area contributed by atoms with E-state index >= 15 is 0 Å². The van der Waals surface area contributed by atoms with E-state index in [0.717, 1.165) is 19.3 Å². The summed E-state index contributed by atoms with van der Waals surface area (Å²) in [6.07, 6.45) is 3.15. The van der Waals surface area contributed by atoms with E-state index in [0.29, 0.717) is 6.54 Å². The molecule has 19 heavy (non-hydrogen) atoms. The van der Waals surface area contributed by atoms with Gasteiger partial charge in [-0.2, -0.15) is 0 Å². The average Bonchev–Trinajstić information content (AvgIpc) is 2.27. The van der Waals surface area contributed by atoms with Gasteiger partial charge in [0, 0.05) is 6.54 Å². The number of carbonyl (C=O) groups excluding carboxylic acids is 2. The predicted octanol–water partition coefficient (Wildman–Crippen LogP) is 2.33. The van der Waals surface area contributed by atoms with Crippen molar-refractivity contribution >= 4 is 11.8 Å². The van der Waals surface area contributed by atoms with Gasteiger partial charge in [0.05, 0.1) is 0 Å². The zero-order chi connectivity index (χ0) is 14.8. The molecule has 1 heterocycles. The zero-order valence-electron chi connectivity index (χ0n) is 13.2. The maximum absolute atomic E-state index is 12.6. The molecule has 1 unspecified atom stereocenters. The lowest BCUT2D eigenvalue weighted by Crippen LogP contribution is -2.70. The molecule has 0 saturated carbocycles. The molecule has 0 spiro atoms. The van der Waals surface area contributed by atoms with Gasteiger partial charge >= 0.3 is 0 Å². The first-order chi connectivity index (χ1) is 8.62. The Bertz CT molecular complexity index is 356. The van der Waals surface area contributed by atoms with E-state index in [1.165, 1.54) is 0 Å². The number of hydrogen-bond donors (Lipinski definition) is 1. The van der Waals surface area contributed by atoms with Crippen LogP contribution < -0.4 is 5.32 Å². The van der Waals surface area contributed by atoms with Gasteiger partial charge in [-0.05, 0) is 25.7 Å². The largest absolute Gasteiger partial charge is 0.342 e. The molecule has 0 aromatic carbocycles. The minimum absolute atomic E-state index is 0.0493. The van der Waals surface area contributed by atoms with Gasteiger partial charge < -0.3 is 10.2 Å². The van der Waals surface area contributed by atoms with Crippen molar-refractivity contribution in [2.45, 2.75) is 72.4 Å². The van der Waals surface area contributed by atoms with Gasteiger partial charge in [-0.15, -0.1) is 0 Å². The van der Waals surface area contributed by atoms with Crippen molar-refractivity contribution in [2.24, 2.45) is 5.41 Å². The highest BCUT2D eigenvalue weighted by atomic mass is 16.2. The quantitative estimate of drug-likeness (QED) is 0.796. The van der Waals surface area contributed by atoms with Crippen LogP contribution in [0.2, 0.25) is 0 Å². The molecule has 1 rings (SSSR count). The van der Waals surface area contributed by atoms with Gasteiger partial charge in [0.15, 0.2) is 0 Å². The molecular formula is C15H28N2O2. The smallest absolute Gasteiger partial charge is 0.246 e. The van der Waals surface area contributed by atoms with Crippen LogP contribution in [0.15, 0.2) is 0 Å². The summed E-state index contributed by atoms with van der Waals surface area (Å²) < 4.78 is 0. The van der Waals surface area contributed by atoms with Crippen molar-refractivity contribution in [3.63, 3.8) is 0 Å². The molecule has 1 N–H and O–H groups in total. The van der Waals surface area contributed by atoms with E-state index in [2.05, 4.69) is 12.2 Å². The number of piperazine rings is 1. The van der Waals surface area contributed by atoms with Crippen LogP contribution >= 0.6 is 0 Å². The molecular weight excluding hydrogens is 240 g/mol. The van der Waals surface area contributed by atoms with Crippen molar-refractivity contribution in [1.82, 2.24) is 10.2 Å². The van der Waals surface area contributed by atoms with Gasteiger partial charge in [0.1, 0.15) is 11.6 Å². The number of amides is 2. The minimum Gasteiger partial charge on any atom is -0.342 e. The summed E-state index contributed by atoms with van der Waals surface area (Å²) in [6, 6.07) is -0.422. The lowest BCUT2D eigenvalue weighted by molar-refractivity contribution is -0.158. The fourth-order valence-electron chi connectivity index (χ4n) is 2.42. The highest BCUT2D eigenvalue weighted by Crippen LogP contribution is 2.29. The Morgan fingerprint density at radius 2 is 1.79 bits per heavy atom. The third-order valence-corrected chi connectivity index (χ3v) is 3.87. The van der Waals surface area contributed by atoms with Crippen molar-refractivity contribution < 1.29 is 9.59 Å². The lowest BCUT2D eigenvalue weighted by Gasteiger charge is -2.47. The molecule has 0 radical (unpaired) electrons. The molecule has 0 bridgehead atoms. The van der Waals surface area contributed by atoms with E-state index in [-0.39, 0.29) is 17.2 Å². The van der Waals surface area contributed by atoms with Crippen molar-refractivity contribution in [1.29, 1.82) is 0 Å². The van der Waals surface area contributed by atoms with Gasteiger partial charge in [-0.1, -0.05) is 40.5 Å². The van der Waals surface area contributed by atoms with Crippen LogP contribution in [-0.4, -0.2) is 34.8 Å². The first-order valence-corrected chi connectivity index (χ1v) is 7.24.